The molecular formula is C7H13NO4. The van der Waals surface area contributed by atoms with Gasteiger partial charge in [0.15, 0.2) is 0 Å². The van der Waals surface area contributed by atoms with Crippen molar-refractivity contribution in [3.63, 3.8) is 0 Å². The monoisotopic (exact) mass is 175 g/mol. The molecule has 0 aliphatic heterocycles. The zero-order valence-electron chi connectivity index (χ0n) is 7.16. The average molecular weight is 175 g/mol. The first kappa shape index (κ1) is 13.1. The largest absolute Gasteiger partial charge is 0.478 e. The fourth-order valence-electron chi connectivity index (χ4n) is 0.203. The van der Waals surface area contributed by atoms with Gasteiger partial charge in [-0.1, -0.05) is 6.58 Å². The number of hydrogen-bond acceptors (Lipinski definition) is 3. The number of amides is 1. The highest BCUT2D eigenvalue weighted by Gasteiger charge is 1.89. The molecule has 0 heterocycles. The number of carbonyl (C=O) groups is 2. The summed E-state index contributed by atoms with van der Waals surface area (Å²) in [6.45, 7) is 5.15. The molecule has 2 N–H and O–H groups in total. The van der Waals surface area contributed by atoms with Crippen LogP contribution in [0.4, 0.5) is 4.79 Å². The second-order valence-electron chi connectivity index (χ2n) is 1.51. The summed E-state index contributed by atoms with van der Waals surface area (Å²) < 4.78 is 4.44. The van der Waals surface area contributed by atoms with E-state index < -0.39 is 5.97 Å². The number of hydrogen-bond donors (Lipinski definition) is 2. The van der Waals surface area contributed by atoms with Crippen molar-refractivity contribution in [3.8, 4) is 0 Å². The lowest BCUT2D eigenvalue weighted by atomic mass is 10.7. The maximum absolute atomic E-state index is 10.1. The van der Waals surface area contributed by atoms with Gasteiger partial charge in [-0.3, -0.25) is 0 Å². The van der Waals surface area contributed by atoms with Gasteiger partial charge in [-0.2, -0.15) is 0 Å². The van der Waals surface area contributed by atoms with Crippen LogP contribution in [0.2, 0.25) is 0 Å². The highest BCUT2D eigenvalue weighted by molar-refractivity contribution is 5.78. The molecule has 1 amide bonds. The first-order valence-electron chi connectivity index (χ1n) is 3.28. The summed E-state index contributed by atoms with van der Waals surface area (Å²) in [4.78, 5) is 19.3. The van der Waals surface area contributed by atoms with Crippen molar-refractivity contribution in [3.05, 3.63) is 12.7 Å². The summed E-state index contributed by atoms with van der Waals surface area (Å²) in [6.07, 6.45) is 0.461. The Kier molecular flexibility index (Phi) is 10.3. The van der Waals surface area contributed by atoms with Gasteiger partial charge in [0.1, 0.15) is 0 Å². The molecule has 12 heavy (non-hydrogen) atoms. The van der Waals surface area contributed by atoms with Crippen LogP contribution in [0.25, 0.3) is 0 Å². The van der Waals surface area contributed by atoms with Crippen molar-refractivity contribution in [1.29, 1.82) is 0 Å². The molecule has 0 saturated heterocycles. The molecule has 0 spiro atoms. The molecule has 5 heteroatoms. The first-order chi connectivity index (χ1) is 5.58. The minimum absolute atomic E-state index is 0.373. The smallest absolute Gasteiger partial charge is 0.406 e. The lowest BCUT2D eigenvalue weighted by Crippen LogP contribution is -2.18. The van der Waals surface area contributed by atoms with Gasteiger partial charge in [-0.25, -0.2) is 9.59 Å². The van der Waals surface area contributed by atoms with E-state index in [0.29, 0.717) is 6.61 Å². The van der Waals surface area contributed by atoms with Crippen LogP contribution in [0, 0.1) is 0 Å². The summed E-state index contributed by atoms with van der Waals surface area (Å²) >= 11 is 0. The second kappa shape index (κ2) is 9.48. The minimum Gasteiger partial charge on any atom is -0.478 e. The third-order valence-corrected chi connectivity index (χ3v) is 0.654. The van der Waals surface area contributed by atoms with E-state index in [4.69, 9.17) is 5.11 Å². The Morgan fingerprint density at radius 2 is 2.08 bits per heavy atom. The fraction of sp³-hybridized carbons (Fsp3) is 0.429. The van der Waals surface area contributed by atoms with E-state index in [9.17, 15) is 9.59 Å². The van der Waals surface area contributed by atoms with Gasteiger partial charge >= 0.3 is 12.1 Å². The zero-order chi connectivity index (χ0) is 9.98. The summed E-state index contributed by atoms with van der Waals surface area (Å²) in [7, 11) is 1.53. The van der Waals surface area contributed by atoms with Crippen molar-refractivity contribution in [2.75, 3.05) is 13.7 Å². The molecular weight excluding hydrogens is 162 g/mol. The number of rotatable bonds is 2. The second-order valence-corrected chi connectivity index (χ2v) is 1.51. The Morgan fingerprint density at radius 1 is 1.67 bits per heavy atom. The molecule has 0 bridgehead atoms. The SMILES string of the molecule is C=CC(=O)O.CCOC(=O)NC. The molecule has 70 valence electrons. The Bertz CT molecular complexity index is 155. The topological polar surface area (TPSA) is 75.6 Å². The molecule has 0 aromatic heterocycles. The summed E-state index contributed by atoms with van der Waals surface area (Å²) in [5, 5.41) is 9.91. The molecule has 0 rings (SSSR count). The Labute approximate surface area is 71.0 Å². The van der Waals surface area contributed by atoms with Crippen molar-refractivity contribution < 1.29 is 19.4 Å². The Morgan fingerprint density at radius 3 is 2.17 bits per heavy atom. The highest BCUT2D eigenvalue weighted by Crippen LogP contribution is 1.70. The lowest BCUT2D eigenvalue weighted by molar-refractivity contribution is -0.131. The summed E-state index contributed by atoms with van der Waals surface area (Å²) in [6, 6.07) is 0. The molecule has 5 nitrogen and oxygen atoms in total. The zero-order valence-corrected chi connectivity index (χ0v) is 7.16. The summed E-state index contributed by atoms with van der Waals surface area (Å²) in [5.74, 6) is -0.981. The average Bonchev–Trinajstić information content (AvgIpc) is 2.06. The van der Waals surface area contributed by atoms with Gasteiger partial charge in [-0.05, 0) is 6.92 Å². The van der Waals surface area contributed by atoms with Crippen molar-refractivity contribution in [2.45, 2.75) is 6.92 Å². The Balaban J connectivity index is 0. The molecule has 0 aromatic carbocycles. The van der Waals surface area contributed by atoms with E-state index >= 15 is 0 Å². The van der Waals surface area contributed by atoms with Gasteiger partial charge in [-0.15, -0.1) is 0 Å². The van der Waals surface area contributed by atoms with Crippen LogP contribution < -0.4 is 5.32 Å². The quantitative estimate of drug-likeness (QED) is 0.603. The van der Waals surface area contributed by atoms with Crippen LogP contribution in [-0.4, -0.2) is 30.8 Å². The van der Waals surface area contributed by atoms with Crippen LogP contribution >= 0.6 is 0 Å². The number of nitrogens with one attached hydrogen (secondary N) is 1. The van der Waals surface area contributed by atoms with Crippen LogP contribution in [0.5, 0.6) is 0 Å². The number of aliphatic carboxylic acids is 1. The number of carboxylic acids is 1. The van der Waals surface area contributed by atoms with E-state index in [-0.39, 0.29) is 6.09 Å². The van der Waals surface area contributed by atoms with Crippen LogP contribution in [-0.2, 0) is 9.53 Å². The molecule has 0 radical (unpaired) electrons. The first-order valence-corrected chi connectivity index (χ1v) is 3.28. The molecule has 0 aliphatic rings. The number of carbonyl (C=O) groups excluding carboxylic acids is 1. The Hall–Kier alpha value is -1.52. The third kappa shape index (κ3) is 15.8. The normalized spacial score (nSPS) is 7.17. The van der Waals surface area contributed by atoms with E-state index in [1.165, 1.54) is 7.05 Å². The predicted octanol–water partition coefficient (Wildman–Crippen LogP) is 0.619. The maximum Gasteiger partial charge on any atom is 0.406 e. The van der Waals surface area contributed by atoms with E-state index in [0.717, 1.165) is 6.08 Å². The number of carboxylic acid groups (broad SMARTS) is 1. The van der Waals surface area contributed by atoms with E-state index in [2.05, 4.69) is 16.6 Å². The third-order valence-electron chi connectivity index (χ3n) is 0.654. The van der Waals surface area contributed by atoms with Crippen LogP contribution in [0.3, 0.4) is 0 Å². The molecule has 0 saturated carbocycles. The predicted molar refractivity (Wildman–Crippen MR) is 43.9 cm³/mol. The van der Waals surface area contributed by atoms with E-state index in [1.54, 1.807) is 6.92 Å². The van der Waals surface area contributed by atoms with Crippen molar-refractivity contribution >= 4 is 12.1 Å². The van der Waals surface area contributed by atoms with Gasteiger partial charge in [0, 0.05) is 13.1 Å². The van der Waals surface area contributed by atoms with Gasteiger partial charge in [0.25, 0.3) is 0 Å². The highest BCUT2D eigenvalue weighted by atomic mass is 16.5. The standard InChI is InChI=1S/C4H9NO2.C3H4O2/c1-3-7-4(6)5-2;1-2-3(4)5/h3H2,1-2H3,(H,5,6);2H,1H2,(H,4,5). The van der Waals surface area contributed by atoms with E-state index in [1.807, 2.05) is 0 Å². The molecule has 0 atom stereocenters. The van der Waals surface area contributed by atoms with Crippen LogP contribution in [0.1, 0.15) is 6.92 Å². The molecule has 0 unspecified atom stereocenters. The fourth-order valence-corrected chi connectivity index (χ4v) is 0.203. The number of ether oxygens (including phenoxy) is 1. The molecule has 0 aliphatic carbocycles. The summed E-state index contributed by atoms with van der Waals surface area (Å²) in [5.41, 5.74) is 0. The number of alkyl carbamates (subject to hydrolysis) is 1. The van der Waals surface area contributed by atoms with Crippen molar-refractivity contribution in [1.82, 2.24) is 5.32 Å². The molecule has 0 fully saturated rings. The molecule has 0 aromatic rings. The van der Waals surface area contributed by atoms with Gasteiger partial charge < -0.3 is 15.2 Å². The van der Waals surface area contributed by atoms with Gasteiger partial charge in [0.05, 0.1) is 6.61 Å². The van der Waals surface area contributed by atoms with Crippen molar-refractivity contribution in [2.24, 2.45) is 0 Å². The van der Waals surface area contributed by atoms with Gasteiger partial charge in [0.2, 0.25) is 0 Å². The minimum atomic E-state index is -0.981. The van der Waals surface area contributed by atoms with Crippen LogP contribution in [0.15, 0.2) is 12.7 Å². The maximum atomic E-state index is 10.1. The lowest BCUT2D eigenvalue weighted by Gasteiger charge is -1.95.